The highest BCUT2D eigenvalue weighted by molar-refractivity contribution is 7.98. The average Bonchev–Trinajstić information content (AvgIpc) is 2.97. The van der Waals surface area contributed by atoms with E-state index in [1.807, 2.05) is 43.5 Å². The summed E-state index contributed by atoms with van der Waals surface area (Å²) in [5, 5.41) is 4.95. The predicted molar refractivity (Wildman–Crippen MR) is 80.0 cm³/mol. The van der Waals surface area contributed by atoms with Gasteiger partial charge in [0.2, 0.25) is 11.0 Å². The summed E-state index contributed by atoms with van der Waals surface area (Å²) in [6.07, 6.45) is 3.51. The maximum absolute atomic E-state index is 5.74. The zero-order valence-electron chi connectivity index (χ0n) is 11.6. The first-order valence-corrected chi connectivity index (χ1v) is 7.52. The zero-order chi connectivity index (χ0) is 14.7. The molecule has 0 spiro atoms. The van der Waals surface area contributed by atoms with Gasteiger partial charge in [-0.15, -0.1) is 5.10 Å². The molecule has 2 heterocycles. The van der Waals surface area contributed by atoms with Crippen LogP contribution < -0.4 is 4.74 Å². The highest BCUT2D eigenvalue weighted by atomic mass is 32.2. The standard InChI is InChI=1S/C14H13N5OS/c1-10-8-12(20-11-6-4-3-5-7-11)17-13(16-10)19-9-15-14(18-19)21-2/h3-9H,1-2H3. The van der Waals surface area contributed by atoms with Crippen molar-refractivity contribution in [3.63, 3.8) is 0 Å². The van der Waals surface area contributed by atoms with Crippen LogP contribution in [0.3, 0.4) is 0 Å². The summed E-state index contributed by atoms with van der Waals surface area (Å²) in [5.41, 5.74) is 0.798. The first kappa shape index (κ1) is 13.6. The Bertz CT molecular complexity index is 744. The molecule has 106 valence electrons. The number of aromatic nitrogens is 5. The van der Waals surface area contributed by atoms with Crippen molar-refractivity contribution in [2.24, 2.45) is 0 Å². The van der Waals surface area contributed by atoms with Gasteiger partial charge in [-0.1, -0.05) is 30.0 Å². The molecule has 2 aromatic heterocycles. The van der Waals surface area contributed by atoms with Gasteiger partial charge in [-0.25, -0.2) is 9.97 Å². The molecule has 3 rings (SSSR count). The lowest BCUT2D eigenvalue weighted by molar-refractivity contribution is 0.458. The second-order valence-electron chi connectivity index (χ2n) is 4.24. The Labute approximate surface area is 126 Å². The number of ether oxygens (including phenoxy) is 1. The summed E-state index contributed by atoms with van der Waals surface area (Å²) in [5.74, 6) is 1.64. The van der Waals surface area contributed by atoms with Crippen LogP contribution in [0, 0.1) is 6.92 Å². The van der Waals surface area contributed by atoms with Crippen LogP contribution in [0.4, 0.5) is 0 Å². The predicted octanol–water partition coefficient (Wildman–Crippen LogP) is 2.88. The minimum absolute atomic E-state index is 0.439. The van der Waals surface area contributed by atoms with Gasteiger partial charge in [0.05, 0.1) is 0 Å². The van der Waals surface area contributed by atoms with Crippen molar-refractivity contribution in [3.05, 3.63) is 48.4 Å². The average molecular weight is 299 g/mol. The largest absolute Gasteiger partial charge is 0.439 e. The zero-order valence-corrected chi connectivity index (χ0v) is 12.4. The molecule has 0 amide bonds. The number of hydrogen-bond donors (Lipinski definition) is 0. The third-order valence-corrected chi connectivity index (χ3v) is 3.20. The Kier molecular flexibility index (Phi) is 3.83. The molecule has 0 fully saturated rings. The normalized spacial score (nSPS) is 10.6. The number of thioether (sulfide) groups is 1. The molecular formula is C14H13N5OS. The van der Waals surface area contributed by atoms with Crippen LogP contribution in [0.25, 0.3) is 5.95 Å². The van der Waals surface area contributed by atoms with Crippen molar-refractivity contribution in [1.29, 1.82) is 0 Å². The lowest BCUT2D eigenvalue weighted by Crippen LogP contribution is -2.04. The van der Waals surface area contributed by atoms with Gasteiger partial charge in [0.15, 0.2) is 0 Å². The Morgan fingerprint density at radius 1 is 1.14 bits per heavy atom. The van der Waals surface area contributed by atoms with Crippen LogP contribution in [-0.4, -0.2) is 31.0 Å². The number of hydrogen-bond acceptors (Lipinski definition) is 6. The molecule has 0 aliphatic heterocycles. The molecule has 1 aromatic carbocycles. The first-order valence-electron chi connectivity index (χ1n) is 6.29. The van der Waals surface area contributed by atoms with Crippen molar-refractivity contribution in [3.8, 4) is 17.6 Å². The van der Waals surface area contributed by atoms with Crippen molar-refractivity contribution in [2.45, 2.75) is 12.1 Å². The first-order chi connectivity index (χ1) is 10.2. The molecule has 0 saturated carbocycles. The highest BCUT2D eigenvalue weighted by Gasteiger charge is 2.08. The molecule has 0 unspecified atom stereocenters. The van der Waals surface area contributed by atoms with Gasteiger partial charge in [-0.2, -0.15) is 9.67 Å². The minimum atomic E-state index is 0.439. The number of nitrogens with zero attached hydrogens (tertiary/aromatic N) is 5. The summed E-state index contributed by atoms with van der Waals surface area (Å²) in [4.78, 5) is 12.9. The van der Waals surface area contributed by atoms with Gasteiger partial charge in [0, 0.05) is 11.8 Å². The highest BCUT2D eigenvalue weighted by Crippen LogP contribution is 2.20. The van der Waals surface area contributed by atoms with Gasteiger partial charge in [0.25, 0.3) is 5.95 Å². The maximum Gasteiger partial charge on any atom is 0.255 e. The molecule has 7 heteroatoms. The smallest absolute Gasteiger partial charge is 0.255 e. The van der Waals surface area contributed by atoms with Gasteiger partial charge in [-0.3, -0.25) is 0 Å². The summed E-state index contributed by atoms with van der Waals surface area (Å²) in [7, 11) is 0. The van der Waals surface area contributed by atoms with Gasteiger partial charge in [0.1, 0.15) is 12.1 Å². The van der Waals surface area contributed by atoms with Crippen LogP contribution in [0.5, 0.6) is 11.6 Å². The van der Waals surface area contributed by atoms with E-state index in [0.717, 1.165) is 11.4 Å². The summed E-state index contributed by atoms with van der Waals surface area (Å²) in [6, 6.07) is 11.3. The lowest BCUT2D eigenvalue weighted by atomic mass is 10.3. The van der Waals surface area contributed by atoms with E-state index >= 15 is 0 Å². The number of benzene rings is 1. The fourth-order valence-electron chi connectivity index (χ4n) is 1.73. The lowest BCUT2D eigenvalue weighted by Gasteiger charge is -2.07. The molecule has 0 saturated heterocycles. The molecule has 0 radical (unpaired) electrons. The third-order valence-electron chi connectivity index (χ3n) is 2.64. The van der Waals surface area contributed by atoms with Crippen LogP contribution in [0.1, 0.15) is 5.69 Å². The third kappa shape index (κ3) is 3.19. The fourth-order valence-corrected chi connectivity index (χ4v) is 2.05. The van der Waals surface area contributed by atoms with E-state index in [4.69, 9.17) is 4.74 Å². The summed E-state index contributed by atoms with van der Waals surface area (Å²) >= 11 is 1.47. The van der Waals surface area contributed by atoms with E-state index in [9.17, 15) is 0 Å². The summed E-state index contributed by atoms with van der Waals surface area (Å²) in [6.45, 7) is 1.88. The number of aryl methyl sites for hydroxylation is 1. The van der Waals surface area contributed by atoms with Crippen LogP contribution in [0.2, 0.25) is 0 Å². The second-order valence-corrected chi connectivity index (χ2v) is 5.01. The molecule has 0 atom stereocenters. The SMILES string of the molecule is CSc1ncn(-c2nc(C)cc(Oc3ccccc3)n2)n1. The van der Waals surface area contributed by atoms with Gasteiger partial charge >= 0.3 is 0 Å². The molecular weight excluding hydrogens is 286 g/mol. The van der Waals surface area contributed by atoms with E-state index in [1.165, 1.54) is 16.4 Å². The topological polar surface area (TPSA) is 65.7 Å². The van der Waals surface area contributed by atoms with Crippen molar-refractivity contribution in [1.82, 2.24) is 24.7 Å². The molecule has 0 N–H and O–H groups in total. The fraction of sp³-hybridized carbons (Fsp3) is 0.143. The molecule has 3 aromatic rings. The van der Waals surface area contributed by atoms with Crippen molar-refractivity contribution in [2.75, 3.05) is 6.26 Å². The van der Waals surface area contributed by atoms with Gasteiger partial charge in [-0.05, 0) is 25.3 Å². The molecule has 0 aliphatic rings. The summed E-state index contributed by atoms with van der Waals surface area (Å²) < 4.78 is 7.28. The van der Waals surface area contributed by atoms with E-state index in [1.54, 1.807) is 12.4 Å². The van der Waals surface area contributed by atoms with Crippen LogP contribution in [-0.2, 0) is 0 Å². The monoisotopic (exact) mass is 299 g/mol. The van der Waals surface area contributed by atoms with E-state index < -0.39 is 0 Å². The Morgan fingerprint density at radius 3 is 2.67 bits per heavy atom. The van der Waals surface area contributed by atoms with Crippen LogP contribution >= 0.6 is 11.8 Å². The minimum Gasteiger partial charge on any atom is -0.439 e. The molecule has 21 heavy (non-hydrogen) atoms. The number of rotatable bonds is 4. The van der Waals surface area contributed by atoms with Crippen molar-refractivity contribution < 1.29 is 4.74 Å². The molecule has 6 nitrogen and oxygen atoms in total. The second kappa shape index (κ2) is 5.92. The van der Waals surface area contributed by atoms with E-state index in [-0.39, 0.29) is 0 Å². The maximum atomic E-state index is 5.74. The van der Waals surface area contributed by atoms with Gasteiger partial charge < -0.3 is 4.74 Å². The van der Waals surface area contributed by atoms with E-state index in [0.29, 0.717) is 17.0 Å². The van der Waals surface area contributed by atoms with E-state index in [2.05, 4.69) is 20.1 Å². The Balaban J connectivity index is 1.92. The Morgan fingerprint density at radius 2 is 1.95 bits per heavy atom. The van der Waals surface area contributed by atoms with Crippen molar-refractivity contribution >= 4 is 11.8 Å². The molecule has 0 bridgehead atoms. The number of para-hydroxylation sites is 1. The Hall–Kier alpha value is -2.41. The van der Waals surface area contributed by atoms with Crippen LogP contribution in [0.15, 0.2) is 47.9 Å². The quantitative estimate of drug-likeness (QED) is 0.690. The molecule has 0 aliphatic carbocycles.